The van der Waals surface area contributed by atoms with Crippen molar-refractivity contribution in [2.45, 2.75) is 40.0 Å². The van der Waals surface area contributed by atoms with E-state index in [4.69, 9.17) is 0 Å². The Hall–Kier alpha value is -2.47. The SMILES string of the molecule is CCc1ccc(-c2csc(NC(=O)CCc3c(C)nn(C)c3C)n2)cc1. The summed E-state index contributed by atoms with van der Waals surface area (Å²) in [7, 11) is 1.93. The lowest BCUT2D eigenvalue weighted by atomic mass is 10.1. The van der Waals surface area contributed by atoms with Crippen molar-refractivity contribution in [2.75, 3.05) is 5.32 Å². The van der Waals surface area contributed by atoms with E-state index in [1.165, 1.54) is 16.9 Å². The highest BCUT2D eigenvalue weighted by atomic mass is 32.1. The van der Waals surface area contributed by atoms with E-state index in [9.17, 15) is 4.79 Å². The summed E-state index contributed by atoms with van der Waals surface area (Å²) in [4.78, 5) is 16.8. The first-order chi connectivity index (χ1) is 12.5. The molecule has 0 aliphatic rings. The standard InChI is InChI=1S/C20H24N4OS/c1-5-15-6-8-16(9-7-15)18-12-26-20(21-18)22-19(25)11-10-17-13(2)23-24(4)14(17)3/h6-9,12H,5,10-11H2,1-4H3,(H,21,22,25). The lowest BCUT2D eigenvalue weighted by molar-refractivity contribution is -0.116. The van der Waals surface area contributed by atoms with E-state index in [1.54, 1.807) is 0 Å². The summed E-state index contributed by atoms with van der Waals surface area (Å²) >= 11 is 1.46. The fourth-order valence-electron chi connectivity index (χ4n) is 2.97. The van der Waals surface area contributed by atoms with Crippen LogP contribution in [0.5, 0.6) is 0 Å². The van der Waals surface area contributed by atoms with E-state index >= 15 is 0 Å². The van der Waals surface area contributed by atoms with E-state index in [0.29, 0.717) is 18.0 Å². The second-order valence-corrected chi connectivity index (χ2v) is 7.27. The number of aromatic nitrogens is 3. The van der Waals surface area contributed by atoms with Crippen LogP contribution in [0.25, 0.3) is 11.3 Å². The molecule has 3 rings (SSSR count). The van der Waals surface area contributed by atoms with Crippen molar-refractivity contribution in [3.63, 3.8) is 0 Å². The number of rotatable bonds is 6. The number of nitrogens with one attached hydrogen (secondary N) is 1. The third-order valence-corrected chi connectivity index (χ3v) is 5.43. The van der Waals surface area contributed by atoms with Crippen LogP contribution >= 0.6 is 11.3 Å². The van der Waals surface area contributed by atoms with Crippen LogP contribution < -0.4 is 5.32 Å². The third-order valence-electron chi connectivity index (χ3n) is 4.67. The molecule has 136 valence electrons. The number of amides is 1. The maximum absolute atomic E-state index is 12.3. The van der Waals surface area contributed by atoms with Crippen LogP contribution in [0.3, 0.4) is 0 Å². The van der Waals surface area contributed by atoms with Gasteiger partial charge in [0.05, 0.1) is 11.4 Å². The van der Waals surface area contributed by atoms with Crippen molar-refractivity contribution in [3.05, 3.63) is 52.2 Å². The van der Waals surface area contributed by atoms with Crippen LogP contribution in [-0.4, -0.2) is 20.7 Å². The number of nitrogens with zero attached hydrogens (tertiary/aromatic N) is 3. The zero-order valence-corrected chi connectivity index (χ0v) is 16.5. The van der Waals surface area contributed by atoms with Crippen molar-refractivity contribution in [1.82, 2.24) is 14.8 Å². The van der Waals surface area contributed by atoms with Crippen LogP contribution in [0.1, 0.15) is 35.9 Å². The molecule has 0 aliphatic heterocycles. The number of thiazole rings is 1. The fraction of sp³-hybridized carbons (Fsp3) is 0.350. The first-order valence-electron chi connectivity index (χ1n) is 8.81. The number of carbonyl (C=O) groups is 1. The Kier molecular flexibility index (Phi) is 5.52. The third kappa shape index (κ3) is 4.02. The quantitative estimate of drug-likeness (QED) is 0.706. The van der Waals surface area contributed by atoms with E-state index in [2.05, 4.69) is 46.6 Å². The number of aryl methyl sites for hydroxylation is 3. The number of hydrogen-bond acceptors (Lipinski definition) is 4. The minimum Gasteiger partial charge on any atom is -0.302 e. The fourth-order valence-corrected chi connectivity index (χ4v) is 3.71. The zero-order valence-electron chi connectivity index (χ0n) is 15.7. The van der Waals surface area contributed by atoms with Gasteiger partial charge in [-0.2, -0.15) is 5.10 Å². The van der Waals surface area contributed by atoms with E-state index in [0.717, 1.165) is 34.6 Å². The van der Waals surface area contributed by atoms with Gasteiger partial charge >= 0.3 is 0 Å². The minimum absolute atomic E-state index is 0.0186. The average Bonchev–Trinajstić information content (AvgIpc) is 3.18. The number of carbonyl (C=O) groups excluding carboxylic acids is 1. The first kappa shape index (κ1) is 18.3. The molecule has 0 fully saturated rings. The monoisotopic (exact) mass is 368 g/mol. The van der Waals surface area contributed by atoms with Crippen LogP contribution in [0.15, 0.2) is 29.6 Å². The zero-order chi connectivity index (χ0) is 18.7. The van der Waals surface area contributed by atoms with Gasteiger partial charge in [0.15, 0.2) is 5.13 Å². The molecule has 1 amide bonds. The second-order valence-electron chi connectivity index (χ2n) is 6.41. The van der Waals surface area contributed by atoms with Crippen molar-refractivity contribution >= 4 is 22.4 Å². The molecule has 1 N–H and O–H groups in total. The Bertz CT molecular complexity index is 909. The highest BCUT2D eigenvalue weighted by Gasteiger charge is 2.13. The number of hydrogen-bond donors (Lipinski definition) is 1. The summed E-state index contributed by atoms with van der Waals surface area (Å²) in [5, 5.41) is 9.93. The topological polar surface area (TPSA) is 59.8 Å². The van der Waals surface area contributed by atoms with Crippen LogP contribution in [0, 0.1) is 13.8 Å². The summed E-state index contributed by atoms with van der Waals surface area (Å²) in [6.07, 6.45) is 2.13. The molecule has 0 radical (unpaired) electrons. The molecule has 26 heavy (non-hydrogen) atoms. The van der Waals surface area contributed by atoms with Crippen LogP contribution in [-0.2, 0) is 24.7 Å². The Morgan fingerprint density at radius 3 is 2.58 bits per heavy atom. The highest BCUT2D eigenvalue weighted by Crippen LogP contribution is 2.25. The van der Waals surface area contributed by atoms with E-state index in [1.807, 2.05) is 31.0 Å². The molecule has 0 atom stereocenters. The molecule has 3 aromatic rings. The maximum Gasteiger partial charge on any atom is 0.226 e. The molecule has 0 spiro atoms. The molecule has 2 aromatic heterocycles. The number of benzene rings is 1. The molecule has 0 unspecified atom stereocenters. The van der Waals surface area contributed by atoms with Crippen molar-refractivity contribution in [1.29, 1.82) is 0 Å². The highest BCUT2D eigenvalue weighted by molar-refractivity contribution is 7.14. The smallest absolute Gasteiger partial charge is 0.226 e. The van der Waals surface area contributed by atoms with Gasteiger partial charge in [-0.15, -0.1) is 11.3 Å². The normalized spacial score (nSPS) is 10.9. The second kappa shape index (κ2) is 7.83. The van der Waals surface area contributed by atoms with E-state index < -0.39 is 0 Å². The number of anilines is 1. The molecule has 0 aliphatic carbocycles. The molecule has 0 bridgehead atoms. The van der Waals surface area contributed by atoms with Gasteiger partial charge in [0.2, 0.25) is 5.91 Å². The molecule has 2 heterocycles. The van der Waals surface area contributed by atoms with Gasteiger partial charge in [-0.05, 0) is 37.8 Å². The van der Waals surface area contributed by atoms with Crippen molar-refractivity contribution in [2.24, 2.45) is 7.05 Å². The van der Waals surface area contributed by atoms with E-state index in [-0.39, 0.29) is 5.91 Å². The predicted molar refractivity (Wildman–Crippen MR) is 107 cm³/mol. The van der Waals surface area contributed by atoms with Gasteiger partial charge < -0.3 is 5.32 Å². The summed E-state index contributed by atoms with van der Waals surface area (Å²) in [5.41, 5.74) is 6.52. The van der Waals surface area contributed by atoms with Crippen molar-refractivity contribution in [3.8, 4) is 11.3 Å². The molecular weight excluding hydrogens is 344 g/mol. The first-order valence-corrected chi connectivity index (χ1v) is 9.69. The largest absolute Gasteiger partial charge is 0.302 e. The molecular formula is C20H24N4OS. The Labute approximate surface area is 158 Å². The Morgan fingerprint density at radius 2 is 1.96 bits per heavy atom. The molecule has 6 heteroatoms. The Balaban J connectivity index is 1.60. The summed E-state index contributed by atoms with van der Waals surface area (Å²) in [6.45, 7) is 6.15. The molecule has 5 nitrogen and oxygen atoms in total. The summed E-state index contributed by atoms with van der Waals surface area (Å²) in [6, 6.07) is 8.39. The lowest BCUT2D eigenvalue weighted by Crippen LogP contribution is -2.12. The van der Waals surface area contributed by atoms with Crippen LogP contribution in [0.4, 0.5) is 5.13 Å². The lowest BCUT2D eigenvalue weighted by Gasteiger charge is -2.03. The van der Waals surface area contributed by atoms with Gasteiger partial charge in [0.25, 0.3) is 0 Å². The van der Waals surface area contributed by atoms with Crippen LogP contribution in [0.2, 0.25) is 0 Å². The predicted octanol–water partition coefficient (Wildman–Crippen LogP) is 4.29. The summed E-state index contributed by atoms with van der Waals surface area (Å²) in [5.74, 6) is -0.0186. The van der Waals surface area contributed by atoms with Gasteiger partial charge in [0, 0.05) is 30.1 Å². The van der Waals surface area contributed by atoms with Gasteiger partial charge in [-0.25, -0.2) is 4.98 Å². The van der Waals surface area contributed by atoms with Crippen molar-refractivity contribution < 1.29 is 4.79 Å². The minimum atomic E-state index is -0.0186. The molecule has 0 saturated heterocycles. The Morgan fingerprint density at radius 1 is 1.23 bits per heavy atom. The average molecular weight is 369 g/mol. The maximum atomic E-state index is 12.3. The summed E-state index contributed by atoms with van der Waals surface area (Å²) < 4.78 is 1.86. The van der Waals surface area contributed by atoms with Gasteiger partial charge in [-0.1, -0.05) is 31.2 Å². The van der Waals surface area contributed by atoms with Gasteiger partial charge in [-0.3, -0.25) is 9.48 Å². The molecule has 0 saturated carbocycles. The van der Waals surface area contributed by atoms with Gasteiger partial charge in [0.1, 0.15) is 0 Å². The molecule has 1 aromatic carbocycles.